The fourth-order valence-electron chi connectivity index (χ4n) is 5.62. The third kappa shape index (κ3) is 6.86. The van der Waals surface area contributed by atoms with Gasteiger partial charge in [0, 0.05) is 38.8 Å². The number of benzene rings is 1. The quantitative estimate of drug-likeness (QED) is 0.480. The van der Waals surface area contributed by atoms with Gasteiger partial charge in [0.25, 0.3) is 0 Å². The Morgan fingerprint density at radius 2 is 1.82 bits per heavy atom. The first-order chi connectivity index (χ1) is 16.3. The minimum absolute atomic E-state index is 0. The van der Waals surface area contributed by atoms with Gasteiger partial charge in [-0.15, -0.1) is 0 Å². The molecule has 1 saturated carbocycles. The maximum atomic E-state index is 12.0. The van der Waals surface area contributed by atoms with E-state index in [0.29, 0.717) is 22.6 Å². The number of rotatable bonds is 7. The van der Waals surface area contributed by atoms with Gasteiger partial charge < -0.3 is 15.4 Å². The lowest BCUT2D eigenvalue weighted by Crippen LogP contribution is -2.42. The van der Waals surface area contributed by atoms with Crippen molar-refractivity contribution in [1.29, 1.82) is 0 Å². The highest BCUT2D eigenvalue weighted by Gasteiger charge is 2.36. The number of piperidine rings is 1. The van der Waals surface area contributed by atoms with Crippen LogP contribution in [0.2, 0.25) is 0 Å². The molecule has 0 aromatic heterocycles. The topological polar surface area (TPSA) is 72.6 Å². The van der Waals surface area contributed by atoms with Crippen LogP contribution < -0.4 is 10.5 Å². The third-order valence-electron chi connectivity index (χ3n) is 7.98. The standard InChI is InChI=1S/C16H20N2O3.C13H24.H2/c17-15(19)12-2-1-3-14(10-12)21-13-6-8-18(9-7-13)16(20)11-4-5-11;1-5-9-13(6-2)10-11(3)7-8-12(13)4;/h1-3,10-11,13H,4-9H2,(H2,17,19);7-8,11-12H,5-6,9-10H2,1-4H3;1H. The van der Waals surface area contributed by atoms with E-state index in [2.05, 4.69) is 39.8 Å². The van der Waals surface area contributed by atoms with E-state index in [1.54, 1.807) is 18.2 Å². The van der Waals surface area contributed by atoms with Gasteiger partial charge in [0.15, 0.2) is 0 Å². The fraction of sp³-hybridized carbons (Fsp3) is 0.655. The highest BCUT2D eigenvalue weighted by molar-refractivity contribution is 5.93. The Bertz CT molecular complexity index is 861. The molecule has 1 aromatic carbocycles. The number of allylic oxidation sites excluding steroid dienone is 2. The average molecular weight is 471 g/mol. The van der Waals surface area contributed by atoms with Gasteiger partial charge in [-0.25, -0.2) is 0 Å². The first kappa shape index (κ1) is 26.3. The molecule has 190 valence electrons. The van der Waals surface area contributed by atoms with Gasteiger partial charge in [-0.2, -0.15) is 0 Å². The van der Waals surface area contributed by atoms with Gasteiger partial charge in [0.05, 0.1) is 0 Å². The Hall–Kier alpha value is -2.30. The van der Waals surface area contributed by atoms with Gasteiger partial charge in [0.2, 0.25) is 11.8 Å². The smallest absolute Gasteiger partial charge is 0.248 e. The first-order valence-corrected chi connectivity index (χ1v) is 13.3. The normalized spacial score (nSPS) is 27.0. The van der Waals surface area contributed by atoms with Crippen LogP contribution in [-0.4, -0.2) is 35.9 Å². The van der Waals surface area contributed by atoms with E-state index in [-0.39, 0.29) is 13.4 Å². The Morgan fingerprint density at radius 3 is 2.41 bits per heavy atom. The number of nitrogens with zero attached hydrogens (tertiary/aromatic N) is 1. The molecule has 1 aromatic rings. The molecule has 4 rings (SSSR count). The summed E-state index contributed by atoms with van der Waals surface area (Å²) in [4.78, 5) is 25.1. The van der Waals surface area contributed by atoms with Crippen molar-refractivity contribution in [2.75, 3.05) is 13.1 Å². The second-order valence-electron chi connectivity index (χ2n) is 10.6. The summed E-state index contributed by atoms with van der Waals surface area (Å²) in [6.45, 7) is 10.9. The summed E-state index contributed by atoms with van der Waals surface area (Å²) < 4.78 is 5.90. The van der Waals surface area contributed by atoms with E-state index in [1.165, 1.54) is 25.7 Å². The predicted molar refractivity (Wildman–Crippen MR) is 140 cm³/mol. The lowest BCUT2D eigenvalue weighted by molar-refractivity contribution is -0.134. The van der Waals surface area contributed by atoms with Gasteiger partial charge in [-0.05, 0) is 67.6 Å². The number of hydrogen-bond donors (Lipinski definition) is 1. The Balaban J connectivity index is 0.000000268. The van der Waals surface area contributed by atoms with Crippen molar-refractivity contribution in [2.45, 2.75) is 85.2 Å². The van der Waals surface area contributed by atoms with E-state index >= 15 is 0 Å². The highest BCUT2D eigenvalue weighted by atomic mass is 16.5. The van der Waals surface area contributed by atoms with Crippen LogP contribution in [0.4, 0.5) is 0 Å². The molecule has 3 atom stereocenters. The molecular formula is C29H46N2O3. The Labute approximate surface area is 207 Å². The number of primary amides is 1. The molecule has 5 heteroatoms. The van der Waals surface area contributed by atoms with Crippen molar-refractivity contribution in [2.24, 2.45) is 28.9 Å². The van der Waals surface area contributed by atoms with Crippen molar-refractivity contribution in [1.82, 2.24) is 4.90 Å². The number of carbonyl (C=O) groups is 2. The molecule has 0 radical (unpaired) electrons. The maximum Gasteiger partial charge on any atom is 0.248 e. The zero-order valence-electron chi connectivity index (χ0n) is 21.6. The number of amides is 2. The van der Waals surface area contributed by atoms with Crippen molar-refractivity contribution in [3.8, 4) is 5.75 Å². The van der Waals surface area contributed by atoms with E-state index in [0.717, 1.165) is 50.6 Å². The number of ether oxygens (including phenoxy) is 1. The molecule has 2 fully saturated rings. The van der Waals surface area contributed by atoms with Crippen molar-refractivity contribution >= 4 is 11.8 Å². The number of carbonyl (C=O) groups excluding carboxylic acids is 2. The lowest BCUT2D eigenvalue weighted by atomic mass is 9.63. The monoisotopic (exact) mass is 470 g/mol. The highest BCUT2D eigenvalue weighted by Crippen LogP contribution is 2.46. The zero-order valence-corrected chi connectivity index (χ0v) is 21.6. The minimum atomic E-state index is -0.453. The molecule has 2 amide bonds. The van der Waals surface area contributed by atoms with Crippen molar-refractivity contribution in [3.63, 3.8) is 0 Å². The minimum Gasteiger partial charge on any atom is -0.490 e. The zero-order chi connectivity index (χ0) is 24.7. The molecule has 2 N–H and O–H groups in total. The van der Waals surface area contributed by atoms with Crippen molar-refractivity contribution < 1.29 is 15.8 Å². The summed E-state index contributed by atoms with van der Waals surface area (Å²) in [5, 5.41) is 0. The van der Waals surface area contributed by atoms with Crippen LogP contribution in [0.3, 0.4) is 0 Å². The summed E-state index contributed by atoms with van der Waals surface area (Å²) in [7, 11) is 0. The van der Waals surface area contributed by atoms with Crippen molar-refractivity contribution in [3.05, 3.63) is 42.0 Å². The summed E-state index contributed by atoms with van der Waals surface area (Å²) in [5.74, 6) is 2.39. The van der Waals surface area contributed by atoms with E-state index in [4.69, 9.17) is 10.5 Å². The van der Waals surface area contributed by atoms with Crippen LogP contribution in [0.1, 0.15) is 90.8 Å². The number of nitrogens with two attached hydrogens (primary N) is 1. The molecule has 34 heavy (non-hydrogen) atoms. The number of likely N-dealkylation sites (tertiary alicyclic amines) is 1. The van der Waals surface area contributed by atoms with Gasteiger partial charge in [0.1, 0.15) is 11.9 Å². The molecule has 0 bridgehead atoms. The molecule has 3 aliphatic rings. The second kappa shape index (κ2) is 11.9. The van der Waals surface area contributed by atoms with Crippen LogP contribution in [-0.2, 0) is 4.79 Å². The first-order valence-electron chi connectivity index (χ1n) is 13.3. The van der Waals surface area contributed by atoms with Gasteiger partial charge in [-0.1, -0.05) is 52.3 Å². The Kier molecular flexibility index (Phi) is 9.21. The molecule has 0 spiro atoms. The van der Waals surface area contributed by atoms with E-state index < -0.39 is 5.91 Å². The largest absolute Gasteiger partial charge is 0.490 e. The van der Waals surface area contributed by atoms with E-state index in [1.807, 2.05) is 11.0 Å². The van der Waals surface area contributed by atoms with Crippen LogP contribution in [0.5, 0.6) is 5.75 Å². The summed E-state index contributed by atoms with van der Waals surface area (Å²) >= 11 is 0. The lowest BCUT2D eigenvalue weighted by Gasteiger charge is -2.42. The van der Waals surface area contributed by atoms with Crippen LogP contribution in [0.15, 0.2) is 36.4 Å². The average Bonchev–Trinajstić information content (AvgIpc) is 3.68. The van der Waals surface area contributed by atoms with Crippen LogP contribution in [0, 0.1) is 23.2 Å². The van der Waals surface area contributed by atoms with Gasteiger partial charge >= 0.3 is 0 Å². The van der Waals surface area contributed by atoms with Crippen LogP contribution >= 0.6 is 0 Å². The second-order valence-corrected chi connectivity index (χ2v) is 10.6. The molecule has 1 heterocycles. The molecule has 3 unspecified atom stereocenters. The Morgan fingerprint density at radius 1 is 1.12 bits per heavy atom. The van der Waals surface area contributed by atoms with Gasteiger partial charge in [-0.3, -0.25) is 9.59 Å². The summed E-state index contributed by atoms with van der Waals surface area (Å²) in [6.07, 6.45) is 14.2. The summed E-state index contributed by atoms with van der Waals surface area (Å²) in [6, 6.07) is 6.94. The number of hydrogen-bond acceptors (Lipinski definition) is 3. The molecule has 1 saturated heterocycles. The fourth-order valence-corrected chi connectivity index (χ4v) is 5.62. The molecule has 1 aliphatic heterocycles. The SMILES string of the molecule is CCCC1(CC)CC(C)C=CC1C.NC(=O)c1cccc(OC2CCN(C(=O)C3CC3)CC2)c1.[HH]. The molecular weight excluding hydrogens is 424 g/mol. The van der Waals surface area contributed by atoms with E-state index in [9.17, 15) is 9.59 Å². The molecule has 5 nitrogen and oxygen atoms in total. The molecule has 2 aliphatic carbocycles. The summed E-state index contributed by atoms with van der Waals surface area (Å²) in [5.41, 5.74) is 6.33. The van der Waals surface area contributed by atoms with Crippen LogP contribution in [0.25, 0.3) is 0 Å². The third-order valence-corrected chi connectivity index (χ3v) is 7.98. The maximum absolute atomic E-state index is 12.0. The predicted octanol–water partition coefficient (Wildman–Crippen LogP) is 6.23.